The number of aromatic nitrogens is 1. The molecular formula is C12H9ClN2O3. The van der Waals surface area contributed by atoms with E-state index in [1.807, 2.05) is 0 Å². The molecule has 92 valence electrons. The minimum absolute atomic E-state index is 0.159. The maximum atomic E-state index is 11.9. The van der Waals surface area contributed by atoms with Gasteiger partial charge in [-0.15, -0.1) is 0 Å². The zero-order valence-electron chi connectivity index (χ0n) is 9.09. The molecule has 0 radical (unpaired) electrons. The summed E-state index contributed by atoms with van der Waals surface area (Å²) in [5.74, 6) is -1.17. The Morgan fingerprint density at radius 3 is 2.44 bits per heavy atom. The Bertz CT molecular complexity index is 581. The molecule has 5 nitrogen and oxygen atoms in total. The number of carbonyl (C=O) groups excluding carboxylic acids is 1. The highest BCUT2D eigenvalue weighted by Gasteiger charge is 2.17. The number of benzene rings is 1. The van der Waals surface area contributed by atoms with Gasteiger partial charge in [0.1, 0.15) is 17.1 Å². The summed E-state index contributed by atoms with van der Waals surface area (Å²) in [6, 6.07) is 7.21. The van der Waals surface area contributed by atoms with Crippen molar-refractivity contribution >= 4 is 23.3 Å². The third-order valence-electron chi connectivity index (χ3n) is 2.24. The first-order chi connectivity index (χ1) is 8.59. The van der Waals surface area contributed by atoms with Gasteiger partial charge in [0.25, 0.3) is 5.91 Å². The number of aromatic hydroxyl groups is 2. The van der Waals surface area contributed by atoms with Gasteiger partial charge in [-0.1, -0.05) is 17.7 Å². The molecular weight excluding hydrogens is 256 g/mol. The molecule has 0 atom stereocenters. The standard InChI is InChI=1S/C12H9ClN2O3/c13-7-3-2-6-14-11(7)15-12(18)10-8(16)4-1-5-9(10)17/h1-6,16-17H,(H,14,15,18). The Kier molecular flexibility index (Phi) is 3.34. The normalized spacial score (nSPS) is 10.1. The summed E-state index contributed by atoms with van der Waals surface area (Å²) in [5, 5.41) is 21.7. The predicted octanol–water partition coefficient (Wildman–Crippen LogP) is 2.40. The highest BCUT2D eigenvalue weighted by molar-refractivity contribution is 6.33. The van der Waals surface area contributed by atoms with Crippen LogP contribution < -0.4 is 5.32 Å². The predicted molar refractivity (Wildman–Crippen MR) is 67.0 cm³/mol. The van der Waals surface area contributed by atoms with Crippen molar-refractivity contribution in [2.24, 2.45) is 0 Å². The van der Waals surface area contributed by atoms with Crippen LogP contribution in [0.1, 0.15) is 10.4 Å². The van der Waals surface area contributed by atoms with E-state index in [-0.39, 0.29) is 27.9 Å². The molecule has 0 saturated heterocycles. The molecule has 0 bridgehead atoms. The number of halogens is 1. The van der Waals surface area contributed by atoms with Crippen molar-refractivity contribution in [3.8, 4) is 11.5 Å². The van der Waals surface area contributed by atoms with Crippen molar-refractivity contribution in [1.29, 1.82) is 0 Å². The van der Waals surface area contributed by atoms with E-state index in [2.05, 4.69) is 10.3 Å². The fourth-order valence-corrected chi connectivity index (χ4v) is 1.58. The Balaban J connectivity index is 2.31. The number of phenols is 2. The van der Waals surface area contributed by atoms with Crippen LogP contribution in [0.3, 0.4) is 0 Å². The number of hydrogen-bond donors (Lipinski definition) is 3. The van der Waals surface area contributed by atoms with Crippen molar-refractivity contribution in [3.63, 3.8) is 0 Å². The molecule has 0 aliphatic carbocycles. The molecule has 0 aliphatic rings. The average Bonchev–Trinajstić information content (AvgIpc) is 2.32. The van der Waals surface area contributed by atoms with E-state index in [9.17, 15) is 15.0 Å². The molecule has 1 aromatic carbocycles. The van der Waals surface area contributed by atoms with Gasteiger partial charge in [0.05, 0.1) is 5.02 Å². The van der Waals surface area contributed by atoms with Gasteiger partial charge in [-0.05, 0) is 24.3 Å². The molecule has 0 aliphatic heterocycles. The Morgan fingerprint density at radius 1 is 1.17 bits per heavy atom. The van der Waals surface area contributed by atoms with Crippen LogP contribution in [0.25, 0.3) is 0 Å². The first-order valence-electron chi connectivity index (χ1n) is 5.02. The number of pyridine rings is 1. The molecule has 0 fully saturated rings. The highest BCUT2D eigenvalue weighted by Crippen LogP contribution is 2.27. The third kappa shape index (κ3) is 2.36. The maximum absolute atomic E-state index is 11.9. The quantitative estimate of drug-likeness (QED) is 0.778. The minimum Gasteiger partial charge on any atom is -0.507 e. The van der Waals surface area contributed by atoms with Crippen LogP contribution in [0.4, 0.5) is 5.82 Å². The zero-order valence-corrected chi connectivity index (χ0v) is 9.85. The fraction of sp³-hybridized carbons (Fsp3) is 0. The summed E-state index contributed by atoms with van der Waals surface area (Å²) < 4.78 is 0. The average molecular weight is 265 g/mol. The van der Waals surface area contributed by atoms with Crippen molar-refractivity contribution < 1.29 is 15.0 Å². The molecule has 2 rings (SSSR count). The molecule has 1 heterocycles. The fourth-order valence-electron chi connectivity index (χ4n) is 1.41. The second-order valence-corrected chi connectivity index (χ2v) is 3.87. The summed E-state index contributed by atoms with van der Waals surface area (Å²) in [4.78, 5) is 15.8. The maximum Gasteiger partial charge on any atom is 0.264 e. The zero-order chi connectivity index (χ0) is 13.1. The second-order valence-electron chi connectivity index (χ2n) is 3.46. The molecule has 1 aromatic heterocycles. The van der Waals surface area contributed by atoms with Crippen molar-refractivity contribution in [3.05, 3.63) is 47.1 Å². The van der Waals surface area contributed by atoms with Crippen LogP contribution in [-0.2, 0) is 0 Å². The van der Waals surface area contributed by atoms with Gasteiger partial charge in [0, 0.05) is 6.20 Å². The number of nitrogens with one attached hydrogen (secondary N) is 1. The van der Waals surface area contributed by atoms with E-state index in [1.165, 1.54) is 24.4 Å². The van der Waals surface area contributed by atoms with Gasteiger partial charge in [-0.25, -0.2) is 4.98 Å². The van der Waals surface area contributed by atoms with Gasteiger partial charge in [0.2, 0.25) is 0 Å². The van der Waals surface area contributed by atoms with Crippen molar-refractivity contribution in [2.45, 2.75) is 0 Å². The smallest absolute Gasteiger partial charge is 0.264 e. The van der Waals surface area contributed by atoms with Crippen molar-refractivity contribution in [1.82, 2.24) is 4.98 Å². The summed E-state index contributed by atoms with van der Waals surface area (Å²) in [5.41, 5.74) is -0.223. The number of amides is 1. The van der Waals surface area contributed by atoms with Crippen LogP contribution in [0.15, 0.2) is 36.5 Å². The lowest BCUT2D eigenvalue weighted by Crippen LogP contribution is -2.13. The first-order valence-corrected chi connectivity index (χ1v) is 5.40. The molecule has 1 amide bonds. The van der Waals surface area contributed by atoms with E-state index in [0.717, 1.165) is 0 Å². The van der Waals surface area contributed by atoms with Crippen LogP contribution in [0.2, 0.25) is 5.02 Å². The van der Waals surface area contributed by atoms with E-state index >= 15 is 0 Å². The van der Waals surface area contributed by atoms with Gasteiger partial charge >= 0.3 is 0 Å². The molecule has 18 heavy (non-hydrogen) atoms. The first kappa shape index (κ1) is 12.2. The lowest BCUT2D eigenvalue weighted by Gasteiger charge is -2.08. The SMILES string of the molecule is O=C(Nc1ncccc1Cl)c1c(O)cccc1O. The monoisotopic (exact) mass is 264 g/mol. The van der Waals surface area contributed by atoms with Gasteiger partial charge in [0.15, 0.2) is 5.82 Å². The summed E-state index contributed by atoms with van der Waals surface area (Å²) in [6.45, 7) is 0. The number of nitrogens with zero attached hydrogens (tertiary/aromatic N) is 1. The molecule has 6 heteroatoms. The lowest BCUT2D eigenvalue weighted by molar-refractivity contribution is 0.102. The Hall–Kier alpha value is -2.27. The van der Waals surface area contributed by atoms with Crippen LogP contribution in [0, 0.1) is 0 Å². The van der Waals surface area contributed by atoms with Crippen molar-refractivity contribution in [2.75, 3.05) is 5.32 Å². The molecule has 2 aromatic rings. The Labute approximate surface area is 108 Å². The second kappa shape index (κ2) is 4.93. The number of anilines is 1. The number of phenolic OH excluding ortho intramolecular Hbond substituents is 2. The summed E-state index contributed by atoms with van der Waals surface area (Å²) >= 11 is 5.83. The van der Waals surface area contributed by atoms with Crippen LogP contribution in [0.5, 0.6) is 11.5 Å². The van der Waals surface area contributed by atoms with Gasteiger partial charge in [-0.3, -0.25) is 4.79 Å². The van der Waals surface area contributed by atoms with E-state index in [0.29, 0.717) is 0 Å². The number of rotatable bonds is 2. The summed E-state index contributed by atoms with van der Waals surface area (Å²) in [6.07, 6.45) is 1.46. The molecule has 0 saturated carbocycles. The summed E-state index contributed by atoms with van der Waals surface area (Å²) in [7, 11) is 0. The number of hydrogen-bond acceptors (Lipinski definition) is 4. The highest BCUT2D eigenvalue weighted by atomic mass is 35.5. The molecule has 0 spiro atoms. The van der Waals surface area contributed by atoms with Gasteiger partial charge in [-0.2, -0.15) is 0 Å². The van der Waals surface area contributed by atoms with Crippen LogP contribution >= 0.6 is 11.6 Å². The van der Waals surface area contributed by atoms with Gasteiger partial charge < -0.3 is 15.5 Å². The minimum atomic E-state index is -0.689. The van der Waals surface area contributed by atoms with E-state index in [4.69, 9.17) is 11.6 Å². The topological polar surface area (TPSA) is 82.5 Å². The van der Waals surface area contributed by atoms with E-state index in [1.54, 1.807) is 12.1 Å². The van der Waals surface area contributed by atoms with Crippen LogP contribution in [-0.4, -0.2) is 21.1 Å². The molecule has 3 N–H and O–H groups in total. The molecule has 0 unspecified atom stereocenters. The lowest BCUT2D eigenvalue weighted by atomic mass is 10.1. The third-order valence-corrected chi connectivity index (χ3v) is 2.54. The number of carbonyl (C=O) groups is 1. The largest absolute Gasteiger partial charge is 0.507 e. The van der Waals surface area contributed by atoms with E-state index < -0.39 is 5.91 Å². The Morgan fingerprint density at radius 2 is 1.83 bits per heavy atom.